The van der Waals surface area contributed by atoms with Crippen LogP contribution >= 0.6 is 0 Å². The lowest BCUT2D eigenvalue weighted by Crippen LogP contribution is -2.12. The zero-order valence-corrected chi connectivity index (χ0v) is 45.5. The number of benzene rings is 10. The molecule has 10 aromatic carbocycles. The fraction of sp³-hybridized carbons (Fsp3) is 0.0282. The molecule has 0 aliphatic heterocycles. The van der Waals surface area contributed by atoms with Gasteiger partial charge in [-0.2, -0.15) is 26.3 Å². The Bertz CT molecular complexity index is 4520. The molecule has 0 N–H and O–H groups in total. The molecule has 0 atom stereocenters. The van der Waals surface area contributed by atoms with E-state index in [1.165, 1.54) is 12.1 Å². The number of alkyl halides is 6. The maximum absolute atomic E-state index is 15.4. The molecule has 14 aromatic rings. The lowest BCUT2D eigenvalue weighted by atomic mass is 9.95. The monoisotopic (exact) mass is 1150 g/mol. The summed E-state index contributed by atoms with van der Waals surface area (Å²) in [4.78, 5) is 45.3. The van der Waals surface area contributed by atoms with Gasteiger partial charge in [0.25, 0.3) is 0 Å². The van der Waals surface area contributed by atoms with Crippen LogP contribution in [-0.2, 0) is 12.4 Å². The van der Waals surface area contributed by atoms with Gasteiger partial charge in [-0.25, -0.2) is 44.9 Å². The van der Waals surface area contributed by atoms with Crippen molar-refractivity contribution in [3.8, 4) is 119 Å². The van der Waals surface area contributed by atoms with Gasteiger partial charge in [0.15, 0.2) is 52.4 Å². The standard InChI is InChI=1S/C71H42F6N10/c72-70(73,74)52-34-38-53(57(42-52)71(75,76)77)49-31-37-56(69-85-65(47-27-15-5-16-28-47)80-66(86-69)48-29-17-6-18-30-48)60(39-49)87-58-40-50(67-81-61(43-19-7-1-8-20-43)78-62(82-67)44-21-9-2-10-22-44)32-35-54(58)55-36-33-51(41-59(55)87)68-83-63(45-23-11-3-12-24-45)79-64(84-68)46-25-13-4-14-26-46/h1-42H. The molecule has 0 amide bonds. The minimum Gasteiger partial charge on any atom is -0.308 e. The predicted octanol–water partition coefficient (Wildman–Crippen LogP) is 18.0. The molecule has 0 fully saturated rings. The Kier molecular flexibility index (Phi) is 13.5. The van der Waals surface area contributed by atoms with Crippen molar-refractivity contribution in [2.24, 2.45) is 0 Å². The summed E-state index contributed by atoms with van der Waals surface area (Å²) in [6.07, 6.45) is -10.3. The Balaban J connectivity index is 1.09. The third-order valence-corrected chi connectivity index (χ3v) is 14.8. The van der Waals surface area contributed by atoms with E-state index in [4.69, 9.17) is 44.9 Å². The van der Waals surface area contributed by atoms with E-state index in [1.807, 2.05) is 223 Å². The molecule has 16 heteroatoms. The van der Waals surface area contributed by atoms with Gasteiger partial charge in [0, 0.05) is 60.8 Å². The molecular weight excluding hydrogens is 1110 g/mol. The van der Waals surface area contributed by atoms with Crippen LogP contribution in [0.2, 0.25) is 0 Å². The van der Waals surface area contributed by atoms with Crippen LogP contribution in [0.25, 0.3) is 141 Å². The second-order valence-electron chi connectivity index (χ2n) is 20.4. The highest BCUT2D eigenvalue weighted by atomic mass is 19.4. The molecule has 0 aliphatic rings. The van der Waals surface area contributed by atoms with E-state index in [9.17, 15) is 13.2 Å². The minimum atomic E-state index is -5.21. The minimum absolute atomic E-state index is 0.0484. The van der Waals surface area contributed by atoms with Crippen LogP contribution in [0.5, 0.6) is 0 Å². The van der Waals surface area contributed by atoms with E-state index < -0.39 is 29.0 Å². The van der Waals surface area contributed by atoms with E-state index in [-0.39, 0.29) is 23.1 Å². The normalized spacial score (nSPS) is 11.8. The van der Waals surface area contributed by atoms with Crippen molar-refractivity contribution in [2.75, 3.05) is 0 Å². The largest absolute Gasteiger partial charge is 0.417 e. The molecule has 4 aromatic heterocycles. The zero-order valence-electron chi connectivity index (χ0n) is 45.5. The smallest absolute Gasteiger partial charge is 0.308 e. The van der Waals surface area contributed by atoms with Gasteiger partial charge in [0.1, 0.15) is 0 Å². The number of halogens is 6. The Labute approximate surface area is 493 Å². The van der Waals surface area contributed by atoms with E-state index in [0.29, 0.717) is 102 Å². The fourth-order valence-corrected chi connectivity index (χ4v) is 10.6. The van der Waals surface area contributed by atoms with Crippen molar-refractivity contribution in [1.82, 2.24) is 49.4 Å². The highest BCUT2D eigenvalue weighted by Gasteiger charge is 2.39. The first-order valence-corrected chi connectivity index (χ1v) is 27.5. The molecule has 0 spiro atoms. The molecule has 0 saturated carbocycles. The van der Waals surface area contributed by atoms with E-state index in [1.54, 1.807) is 6.07 Å². The van der Waals surface area contributed by atoms with Crippen molar-refractivity contribution < 1.29 is 26.3 Å². The molecule has 418 valence electrons. The zero-order chi connectivity index (χ0) is 59.2. The summed E-state index contributed by atoms with van der Waals surface area (Å²) in [5.41, 5.74) is 3.62. The molecule has 0 saturated heterocycles. The molecule has 0 bridgehead atoms. The van der Waals surface area contributed by atoms with Crippen molar-refractivity contribution in [3.05, 3.63) is 266 Å². The van der Waals surface area contributed by atoms with Crippen LogP contribution in [-0.4, -0.2) is 49.4 Å². The topological polar surface area (TPSA) is 121 Å². The molecule has 0 aliphatic carbocycles. The van der Waals surface area contributed by atoms with Crippen molar-refractivity contribution >= 4 is 21.8 Å². The first-order chi connectivity index (χ1) is 42.4. The quantitative estimate of drug-likeness (QED) is 0.117. The van der Waals surface area contributed by atoms with Gasteiger partial charge < -0.3 is 4.57 Å². The Hall–Kier alpha value is -11.4. The van der Waals surface area contributed by atoms with Gasteiger partial charge in [0.05, 0.1) is 27.8 Å². The number of fused-ring (bicyclic) bond motifs is 3. The number of aromatic nitrogens is 10. The third-order valence-electron chi connectivity index (χ3n) is 14.8. The average molecular weight is 1150 g/mol. The van der Waals surface area contributed by atoms with Gasteiger partial charge in [0.2, 0.25) is 0 Å². The predicted molar refractivity (Wildman–Crippen MR) is 325 cm³/mol. The maximum Gasteiger partial charge on any atom is 0.417 e. The molecule has 10 nitrogen and oxygen atoms in total. The first-order valence-electron chi connectivity index (χ1n) is 27.5. The Morgan fingerprint density at radius 2 is 0.540 bits per heavy atom. The lowest BCUT2D eigenvalue weighted by Gasteiger charge is -2.19. The van der Waals surface area contributed by atoms with Gasteiger partial charge >= 0.3 is 12.4 Å². The maximum atomic E-state index is 15.4. The van der Waals surface area contributed by atoms with Crippen LogP contribution in [0, 0.1) is 0 Å². The van der Waals surface area contributed by atoms with Crippen molar-refractivity contribution in [1.29, 1.82) is 0 Å². The second-order valence-corrected chi connectivity index (χ2v) is 20.4. The average Bonchev–Trinajstić information content (AvgIpc) is 1.77. The van der Waals surface area contributed by atoms with Crippen LogP contribution in [0.4, 0.5) is 26.3 Å². The first kappa shape index (κ1) is 53.6. The van der Waals surface area contributed by atoms with Crippen LogP contribution in [0.3, 0.4) is 0 Å². The van der Waals surface area contributed by atoms with E-state index >= 15 is 13.2 Å². The summed E-state index contributed by atoms with van der Waals surface area (Å²) < 4.78 is 91.0. The third kappa shape index (κ3) is 10.6. The van der Waals surface area contributed by atoms with Crippen molar-refractivity contribution in [3.63, 3.8) is 0 Å². The summed E-state index contributed by atoms with van der Waals surface area (Å²) in [5.74, 6) is 3.05. The molecule has 87 heavy (non-hydrogen) atoms. The number of hydrogen-bond donors (Lipinski definition) is 0. The lowest BCUT2D eigenvalue weighted by molar-refractivity contribution is -0.142. The van der Waals surface area contributed by atoms with Gasteiger partial charge in [-0.3, -0.25) is 0 Å². The Morgan fingerprint density at radius 1 is 0.241 bits per heavy atom. The Morgan fingerprint density at radius 3 is 0.862 bits per heavy atom. The summed E-state index contributed by atoms with van der Waals surface area (Å²) >= 11 is 0. The molecule has 0 unspecified atom stereocenters. The van der Waals surface area contributed by atoms with Gasteiger partial charge in [-0.05, 0) is 47.5 Å². The van der Waals surface area contributed by atoms with E-state index in [0.717, 1.165) is 28.3 Å². The summed E-state index contributed by atoms with van der Waals surface area (Å²) in [5, 5.41) is 1.41. The van der Waals surface area contributed by atoms with Crippen LogP contribution < -0.4 is 0 Å². The van der Waals surface area contributed by atoms with Crippen LogP contribution in [0.15, 0.2) is 255 Å². The molecule has 14 rings (SSSR count). The van der Waals surface area contributed by atoms with Gasteiger partial charge in [-0.15, -0.1) is 0 Å². The highest BCUT2D eigenvalue weighted by molar-refractivity contribution is 6.11. The summed E-state index contributed by atoms with van der Waals surface area (Å²) in [6.45, 7) is 0. The number of rotatable bonds is 11. The van der Waals surface area contributed by atoms with E-state index in [2.05, 4.69) is 0 Å². The fourth-order valence-electron chi connectivity index (χ4n) is 10.6. The summed E-state index contributed by atoms with van der Waals surface area (Å²) in [7, 11) is 0. The number of nitrogens with zero attached hydrogens (tertiary/aromatic N) is 10. The second kappa shape index (κ2) is 22.0. The van der Waals surface area contributed by atoms with Crippen LogP contribution in [0.1, 0.15) is 11.1 Å². The SMILES string of the molecule is FC(F)(F)c1ccc(-c2ccc(-c3nc(-c4ccccc4)nc(-c4ccccc4)n3)c(-n3c4cc(-c5nc(-c6ccccc6)nc(-c6ccccc6)n5)ccc4c4ccc(-c5nc(-c6ccccc6)nc(-c6ccccc6)n5)cc43)c2)c(C(F)(F)F)c1. The summed E-state index contributed by atoms with van der Waals surface area (Å²) in [6, 6.07) is 74.4. The van der Waals surface area contributed by atoms with Crippen molar-refractivity contribution in [2.45, 2.75) is 12.4 Å². The molecular formula is C71H42F6N10. The molecule has 0 radical (unpaired) electrons. The van der Waals surface area contributed by atoms with Gasteiger partial charge in [-0.1, -0.05) is 218 Å². The molecule has 4 heterocycles. The number of hydrogen-bond acceptors (Lipinski definition) is 9. The highest BCUT2D eigenvalue weighted by Crippen LogP contribution is 2.45.